The van der Waals surface area contributed by atoms with E-state index in [1.807, 2.05) is 71.8 Å². The molecule has 2 heteroatoms. The molecule has 98 valence electrons. The number of hydrogen-bond acceptors (Lipinski definition) is 2. The molecule has 0 aliphatic carbocycles. The molecule has 0 N–H and O–H groups in total. The van der Waals surface area contributed by atoms with Crippen molar-refractivity contribution < 1.29 is 4.79 Å². The highest BCUT2D eigenvalue weighted by atomic mass is 16.1. The van der Waals surface area contributed by atoms with Gasteiger partial charge in [-0.25, -0.2) is 0 Å². The van der Waals surface area contributed by atoms with Gasteiger partial charge >= 0.3 is 0 Å². The number of hydrogen-bond donors (Lipinski definition) is 0. The average molecular weight is 237 g/mol. The zero-order chi connectivity index (χ0) is 14.0. The fourth-order valence-electron chi connectivity index (χ4n) is 1.27. The van der Waals surface area contributed by atoms with Crippen molar-refractivity contribution in [2.45, 2.75) is 41.5 Å². The molecule has 0 aliphatic heterocycles. The van der Waals surface area contributed by atoms with Crippen LogP contribution in [0.2, 0.25) is 0 Å². The Hall–Kier alpha value is -1.31. The van der Waals surface area contributed by atoms with Crippen LogP contribution in [0.1, 0.15) is 50.5 Å². The van der Waals surface area contributed by atoms with Crippen molar-refractivity contribution in [1.82, 2.24) is 0 Å². The lowest BCUT2D eigenvalue weighted by Crippen LogP contribution is -2.09. The van der Waals surface area contributed by atoms with Crippen LogP contribution in [0.5, 0.6) is 0 Å². The minimum absolute atomic E-state index is 0.126. The van der Waals surface area contributed by atoms with Crippen LogP contribution in [0.15, 0.2) is 18.2 Å². The summed E-state index contributed by atoms with van der Waals surface area (Å²) in [6.07, 6.45) is 0. The molecule has 0 aromatic heterocycles. The Morgan fingerprint density at radius 2 is 1.53 bits per heavy atom. The molecule has 0 amide bonds. The summed E-state index contributed by atoms with van der Waals surface area (Å²) < 4.78 is 0. The fraction of sp³-hybridized carbons (Fsp3) is 0.533. The molecule has 0 aliphatic rings. The van der Waals surface area contributed by atoms with Gasteiger partial charge in [0.1, 0.15) is 0 Å². The second kappa shape index (κ2) is 9.88. The van der Waals surface area contributed by atoms with Gasteiger partial charge in [0.15, 0.2) is 5.78 Å². The van der Waals surface area contributed by atoms with E-state index in [2.05, 4.69) is 0 Å². The van der Waals surface area contributed by atoms with Crippen molar-refractivity contribution in [2.75, 3.05) is 19.0 Å². The van der Waals surface area contributed by atoms with Gasteiger partial charge in [0, 0.05) is 25.3 Å². The molecule has 0 unspecified atom stereocenters. The molecule has 0 fully saturated rings. The predicted octanol–water partition coefficient (Wildman–Crippen LogP) is 4.32. The van der Waals surface area contributed by atoms with E-state index in [1.54, 1.807) is 6.92 Å². The van der Waals surface area contributed by atoms with Crippen LogP contribution in [-0.2, 0) is 0 Å². The summed E-state index contributed by atoms with van der Waals surface area (Å²) in [5.74, 6) is 0.126. The molecular formula is C15H27NO. The molecule has 0 radical (unpaired) electrons. The quantitative estimate of drug-likeness (QED) is 0.714. The van der Waals surface area contributed by atoms with Crippen molar-refractivity contribution in [3.05, 3.63) is 29.3 Å². The Morgan fingerprint density at radius 3 is 1.88 bits per heavy atom. The summed E-state index contributed by atoms with van der Waals surface area (Å²) in [5, 5.41) is 0. The maximum absolute atomic E-state index is 11.2. The molecule has 0 saturated heterocycles. The third-order valence-electron chi connectivity index (χ3n) is 2.12. The third kappa shape index (κ3) is 6.10. The van der Waals surface area contributed by atoms with E-state index >= 15 is 0 Å². The van der Waals surface area contributed by atoms with Gasteiger partial charge in [-0.15, -0.1) is 0 Å². The maximum atomic E-state index is 11.2. The molecule has 1 aromatic rings. The van der Waals surface area contributed by atoms with Crippen LogP contribution in [0.25, 0.3) is 0 Å². The maximum Gasteiger partial charge on any atom is 0.160 e. The summed E-state index contributed by atoms with van der Waals surface area (Å²) >= 11 is 0. The highest BCUT2D eigenvalue weighted by Crippen LogP contribution is 2.17. The highest BCUT2D eigenvalue weighted by Gasteiger charge is 2.05. The second-order valence-corrected chi connectivity index (χ2v) is 3.45. The lowest BCUT2D eigenvalue weighted by Gasteiger charge is -2.14. The zero-order valence-electron chi connectivity index (χ0n) is 12.6. The van der Waals surface area contributed by atoms with E-state index in [0.717, 1.165) is 16.8 Å². The van der Waals surface area contributed by atoms with Crippen LogP contribution in [0.4, 0.5) is 5.69 Å². The monoisotopic (exact) mass is 237 g/mol. The van der Waals surface area contributed by atoms with E-state index in [9.17, 15) is 4.79 Å². The topological polar surface area (TPSA) is 20.3 Å². The minimum Gasteiger partial charge on any atom is -0.378 e. The van der Waals surface area contributed by atoms with Gasteiger partial charge in [-0.1, -0.05) is 33.8 Å². The first-order valence-corrected chi connectivity index (χ1v) is 6.31. The summed E-state index contributed by atoms with van der Waals surface area (Å²) in [7, 11) is 3.93. The Kier molecular flexibility index (Phi) is 10.5. The molecule has 2 nitrogen and oxygen atoms in total. The summed E-state index contributed by atoms with van der Waals surface area (Å²) in [4.78, 5) is 13.2. The number of rotatable bonds is 2. The number of Topliss-reactive ketones (excluding diaryl/α,β-unsaturated/α-hetero) is 1. The van der Waals surface area contributed by atoms with Crippen molar-refractivity contribution >= 4 is 11.5 Å². The minimum atomic E-state index is 0.126. The molecule has 0 bridgehead atoms. The van der Waals surface area contributed by atoms with Gasteiger partial charge in [-0.3, -0.25) is 4.79 Å². The van der Waals surface area contributed by atoms with Crippen LogP contribution >= 0.6 is 0 Å². The molecule has 1 aromatic carbocycles. The van der Waals surface area contributed by atoms with Crippen LogP contribution in [0, 0.1) is 6.92 Å². The van der Waals surface area contributed by atoms with Crippen LogP contribution < -0.4 is 4.90 Å². The second-order valence-electron chi connectivity index (χ2n) is 3.45. The van der Waals surface area contributed by atoms with Crippen molar-refractivity contribution in [2.24, 2.45) is 0 Å². The first kappa shape index (κ1) is 18.1. The Bertz CT molecular complexity index is 330. The summed E-state index contributed by atoms with van der Waals surface area (Å²) in [5.41, 5.74) is 2.92. The van der Waals surface area contributed by atoms with Gasteiger partial charge < -0.3 is 4.90 Å². The van der Waals surface area contributed by atoms with Crippen molar-refractivity contribution in [1.29, 1.82) is 0 Å². The molecule has 17 heavy (non-hydrogen) atoms. The number of anilines is 1. The molecule has 0 spiro atoms. The van der Waals surface area contributed by atoms with Crippen LogP contribution in [-0.4, -0.2) is 19.9 Å². The Morgan fingerprint density at radius 1 is 1.06 bits per heavy atom. The molecule has 1 rings (SSSR count). The number of carbonyl (C=O) groups is 1. The SMILES string of the molecule is CC.CC.CC(=O)c1cc(N(C)C)ccc1C. The summed E-state index contributed by atoms with van der Waals surface area (Å²) in [6.45, 7) is 11.6. The van der Waals surface area contributed by atoms with E-state index in [1.165, 1.54) is 0 Å². The Labute approximate surface area is 107 Å². The van der Waals surface area contributed by atoms with E-state index < -0.39 is 0 Å². The van der Waals surface area contributed by atoms with E-state index in [-0.39, 0.29) is 5.78 Å². The highest BCUT2D eigenvalue weighted by molar-refractivity contribution is 5.96. The van der Waals surface area contributed by atoms with Gasteiger partial charge in [-0.05, 0) is 31.5 Å². The average Bonchev–Trinajstić information content (AvgIpc) is 2.34. The van der Waals surface area contributed by atoms with Crippen molar-refractivity contribution in [3.8, 4) is 0 Å². The van der Waals surface area contributed by atoms with E-state index in [0.29, 0.717) is 0 Å². The number of benzene rings is 1. The van der Waals surface area contributed by atoms with Crippen molar-refractivity contribution in [3.63, 3.8) is 0 Å². The smallest absolute Gasteiger partial charge is 0.160 e. The van der Waals surface area contributed by atoms with Crippen LogP contribution in [0.3, 0.4) is 0 Å². The lowest BCUT2D eigenvalue weighted by molar-refractivity contribution is 0.101. The zero-order valence-corrected chi connectivity index (χ0v) is 12.6. The Balaban J connectivity index is 0. The molecule has 0 heterocycles. The molecule has 0 atom stereocenters. The normalized spacial score (nSPS) is 8.24. The number of carbonyl (C=O) groups excluding carboxylic acids is 1. The number of aryl methyl sites for hydroxylation is 1. The number of nitrogens with zero attached hydrogens (tertiary/aromatic N) is 1. The van der Waals surface area contributed by atoms with Gasteiger partial charge in [0.2, 0.25) is 0 Å². The summed E-state index contributed by atoms with van der Waals surface area (Å²) in [6, 6.07) is 5.92. The first-order chi connectivity index (χ1) is 8.02. The predicted molar refractivity (Wildman–Crippen MR) is 78.2 cm³/mol. The third-order valence-corrected chi connectivity index (χ3v) is 2.12. The molecule has 0 saturated carbocycles. The van der Waals surface area contributed by atoms with Gasteiger partial charge in [0.25, 0.3) is 0 Å². The lowest BCUT2D eigenvalue weighted by atomic mass is 10.0. The van der Waals surface area contributed by atoms with Gasteiger partial charge in [0.05, 0.1) is 0 Å². The fourth-order valence-corrected chi connectivity index (χ4v) is 1.27. The van der Waals surface area contributed by atoms with E-state index in [4.69, 9.17) is 0 Å². The number of ketones is 1. The largest absolute Gasteiger partial charge is 0.378 e. The first-order valence-electron chi connectivity index (χ1n) is 6.31. The molecular weight excluding hydrogens is 210 g/mol. The van der Waals surface area contributed by atoms with Gasteiger partial charge in [-0.2, -0.15) is 0 Å². The standard InChI is InChI=1S/C11H15NO.2C2H6/c1-8-5-6-10(12(3)4)7-11(8)9(2)13;2*1-2/h5-7H,1-4H3;2*1-2H3.